The van der Waals surface area contributed by atoms with Gasteiger partial charge in [0.1, 0.15) is 0 Å². The molecule has 0 spiro atoms. The van der Waals surface area contributed by atoms with Gasteiger partial charge in [0.15, 0.2) is 0 Å². The van der Waals surface area contributed by atoms with Gasteiger partial charge in [-0.25, -0.2) is 8.42 Å². The third-order valence-corrected chi connectivity index (χ3v) is 8.70. The largest absolute Gasteiger partial charge is 0.322 e. The van der Waals surface area contributed by atoms with Gasteiger partial charge in [0.25, 0.3) is 5.91 Å². The maximum Gasteiger partial charge on any atom is 0.256 e. The van der Waals surface area contributed by atoms with Crippen LogP contribution in [0.15, 0.2) is 28.5 Å². The zero-order chi connectivity index (χ0) is 19.7. The van der Waals surface area contributed by atoms with Gasteiger partial charge in [-0.2, -0.15) is 4.31 Å². The standard InChI is InChI=1S/C21H26N2O3S2/c1-15-9-10-16(28(25,26)23-11-5-2-6-12-23)13-19(15)22-21(24)18-14-27-20-8-4-3-7-17(18)20/h9-10,13-14H,2-8,11-12H2,1H3,(H,22,24). The first-order valence-electron chi connectivity index (χ1n) is 9.98. The first-order valence-corrected chi connectivity index (χ1v) is 12.3. The van der Waals surface area contributed by atoms with E-state index in [0.717, 1.165) is 49.7 Å². The monoisotopic (exact) mass is 418 g/mol. The van der Waals surface area contributed by atoms with Crippen molar-refractivity contribution in [1.82, 2.24) is 4.31 Å². The lowest BCUT2D eigenvalue weighted by molar-refractivity contribution is 0.102. The average molecular weight is 419 g/mol. The van der Waals surface area contributed by atoms with E-state index in [9.17, 15) is 13.2 Å². The molecule has 150 valence electrons. The number of nitrogens with zero attached hydrogens (tertiary/aromatic N) is 1. The minimum Gasteiger partial charge on any atom is -0.322 e. The lowest BCUT2D eigenvalue weighted by Crippen LogP contribution is -2.35. The first-order chi connectivity index (χ1) is 13.5. The molecule has 0 atom stereocenters. The number of carbonyl (C=O) groups is 1. The summed E-state index contributed by atoms with van der Waals surface area (Å²) < 4.78 is 27.5. The van der Waals surface area contributed by atoms with E-state index in [2.05, 4.69) is 5.32 Å². The normalized spacial score (nSPS) is 17.9. The number of hydrogen-bond acceptors (Lipinski definition) is 4. The molecule has 1 aliphatic carbocycles. The molecule has 0 unspecified atom stereocenters. The maximum atomic E-state index is 13.0. The van der Waals surface area contributed by atoms with Crippen LogP contribution in [-0.4, -0.2) is 31.7 Å². The molecule has 28 heavy (non-hydrogen) atoms. The average Bonchev–Trinajstić information content (AvgIpc) is 3.14. The van der Waals surface area contributed by atoms with Crippen LogP contribution in [0.3, 0.4) is 0 Å². The maximum absolute atomic E-state index is 13.0. The Kier molecular flexibility index (Phi) is 5.58. The van der Waals surface area contributed by atoms with E-state index in [0.29, 0.717) is 18.8 Å². The van der Waals surface area contributed by atoms with Crippen LogP contribution < -0.4 is 5.32 Å². The van der Waals surface area contributed by atoms with E-state index in [1.165, 1.54) is 16.9 Å². The Hall–Kier alpha value is -1.70. The Morgan fingerprint density at radius 1 is 1.07 bits per heavy atom. The molecule has 2 heterocycles. The fourth-order valence-corrected chi connectivity index (χ4v) is 6.69. The second kappa shape index (κ2) is 7.97. The van der Waals surface area contributed by atoms with Crippen molar-refractivity contribution < 1.29 is 13.2 Å². The van der Waals surface area contributed by atoms with Crippen LogP contribution in [0.5, 0.6) is 0 Å². The highest BCUT2D eigenvalue weighted by atomic mass is 32.2. The van der Waals surface area contributed by atoms with Crippen LogP contribution in [0.1, 0.15) is 58.5 Å². The quantitative estimate of drug-likeness (QED) is 0.802. The molecular formula is C21H26N2O3S2. The Balaban J connectivity index is 1.59. The second-order valence-electron chi connectivity index (χ2n) is 7.65. The molecule has 7 heteroatoms. The number of aryl methyl sites for hydroxylation is 2. The predicted molar refractivity (Wildman–Crippen MR) is 113 cm³/mol. The van der Waals surface area contributed by atoms with E-state index >= 15 is 0 Å². The second-order valence-corrected chi connectivity index (χ2v) is 10.6. The zero-order valence-electron chi connectivity index (χ0n) is 16.2. The highest BCUT2D eigenvalue weighted by Crippen LogP contribution is 2.31. The number of hydrogen-bond donors (Lipinski definition) is 1. The topological polar surface area (TPSA) is 66.5 Å². The molecule has 1 fully saturated rings. The van der Waals surface area contributed by atoms with Gasteiger partial charge in [-0.15, -0.1) is 11.3 Å². The number of benzene rings is 1. The zero-order valence-corrected chi connectivity index (χ0v) is 17.8. The van der Waals surface area contributed by atoms with Gasteiger partial charge in [-0.1, -0.05) is 12.5 Å². The summed E-state index contributed by atoms with van der Waals surface area (Å²) in [5, 5.41) is 4.90. The van der Waals surface area contributed by atoms with Crippen LogP contribution in [0.2, 0.25) is 0 Å². The van der Waals surface area contributed by atoms with Crippen molar-refractivity contribution in [3.05, 3.63) is 45.1 Å². The lowest BCUT2D eigenvalue weighted by Gasteiger charge is -2.26. The highest BCUT2D eigenvalue weighted by molar-refractivity contribution is 7.89. The van der Waals surface area contributed by atoms with Crippen molar-refractivity contribution in [2.24, 2.45) is 0 Å². The van der Waals surface area contributed by atoms with Gasteiger partial charge in [-0.05, 0) is 68.7 Å². The van der Waals surface area contributed by atoms with E-state index in [1.807, 2.05) is 12.3 Å². The minimum absolute atomic E-state index is 0.143. The van der Waals surface area contributed by atoms with E-state index in [4.69, 9.17) is 0 Å². The number of rotatable bonds is 4. The fourth-order valence-electron chi connectivity index (χ4n) is 4.02. The third-order valence-electron chi connectivity index (χ3n) is 5.72. The molecule has 1 amide bonds. The van der Waals surface area contributed by atoms with Crippen molar-refractivity contribution >= 4 is 33.0 Å². The smallest absolute Gasteiger partial charge is 0.256 e. The Labute approximate surface area is 170 Å². The SMILES string of the molecule is Cc1ccc(S(=O)(=O)N2CCCCC2)cc1NC(=O)c1csc2c1CCCC2. The summed E-state index contributed by atoms with van der Waals surface area (Å²) in [6, 6.07) is 5.02. The summed E-state index contributed by atoms with van der Waals surface area (Å²) in [6.45, 7) is 3.02. The molecule has 1 aliphatic heterocycles. The molecule has 0 radical (unpaired) electrons. The highest BCUT2D eigenvalue weighted by Gasteiger charge is 2.27. The number of amides is 1. The summed E-state index contributed by atoms with van der Waals surface area (Å²) in [5.41, 5.74) is 3.33. The Morgan fingerprint density at radius 3 is 2.61 bits per heavy atom. The van der Waals surface area contributed by atoms with Gasteiger partial charge < -0.3 is 5.32 Å². The number of carbonyl (C=O) groups excluding carboxylic acids is 1. The van der Waals surface area contributed by atoms with Crippen LogP contribution in [0, 0.1) is 6.92 Å². The molecule has 1 saturated heterocycles. The molecule has 4 rings (SSSR count). The molecule has 2 aliphatic rings. The number of sulfonamides is 1. The first kappa shape index (κ1) is 19.6. The Bertz CT molecular complexity index is 989. The van der Waals surface area contributed by atoms with Gasteiger partial charge in [-0.3, -0.25) is 4.79 Å². The minimum atomic E-state index is -3.52. The molecule has 0 bridgehead atoms. The van der Waals surface area contributed by atoms with Gasteiger partial charge in [0.2, 0.25) is 10.0 Å². The van der Waals surface area contributed by atoms with Gasteiger partial charge in [0.05, 0.1) is 10.5 Å². The number of nitrogens with one attached hydrogen (secondary N) is 1. The lowest BCUT2D eigenvalue weighted by atomic mass is 9.95. The summed E-state index contributed by atoms with van der Waals surface area (Å²) in [5.74, 6) is -0.143. The van der Waals surface area contributed by atoms with Gasteiger partial charge in [0, 0.05) is 29.0 Å². The molecule has 0 saturated carbocycles. The van der Waals surface area contributed by atoms with E-state index in [-0.39, 0.29) is 10.8 Å². The number of fused-ring (bicyclic) bond motifs is 1. The van der Waals surface area contributed by atoms with Crippen LogP contribution in [-0.2, 0) is 22.9 Å². The molecule has 1 aromatic carbocycles. The number of thiophene rings is 1. The summed E-state index contributed by atoms with van der Waals surface area (Å²) in [7, 11) is -3.52. The Morgan fingerprint density at radius 2 is 1.82 bits per heavy atom. The van der Waals surface area contributed by atoms with Crippen molar-refractivity contribution in [3.63, 3.8) is 0 Å². The van der Waals surface area contributed by atoms with E-state index < -0.39 is 10.0 Å². The molecule has 1 aromatic heterocycles. The number of anilines is 1. The summed E-state index contributed by atoms with van der Waals surface area (Å²) in [4.78, 5) is 14.5. The van der Waals surface area contributed by atoms with Crippen LogP contribution >= 0.6 is 11.3 Å². The molecule has 1 N–H and O–H groups in total. The molecule has 5 nitrogen and oxygen atoms in total. The number of piperidine rings is 1. The van der Waals surface area contributed by atoms with Crippen molar-refractivity contribution in [3.8, 4) is 0 Å². The van der Waals surface area contributed by atoms with Crippen LogP contribution in [0.25, 0.3) is 0 Å². The van der Waals surface area contributed by atoms with E-state index in [1.54, 1.807) is 33.8 Å². The van der Waals surface area contributed by atoms with Crippen molar-refractivity contribution in [1.29, 1.82) is 0 Å². The molecular weight excluding hydrogens is 392 g/mol. The van der Waals surface area contributed by atoms with Crippen molar-refractivity contribution in [2.45, 2.75) is 56.8 Å². The molecule has 2 aromatic rings. The fraction of sp³-hybridized carbons (Fsp3) is 0.476. The van der Waals surface area contributed by atoms with Gasteiger partial charge >= 0.3 is 0 Å². The summed E-state index contributed by atoms with van der Waals surface area (Å²) in [6.07, 6.45) is 7.18. The van der Waals surface area contributed by atoms with Crippen LogP contribution in [0.4, 0.5) is 5.69 Å². The van der Waals surface area contributed by atoms with Crippen molar-refractivity contribution in [2.75, 3.05) is 18.4 Å². The third kappa shape index (κ3) is 3.75. The summed E-state index contributed by atoms with van der Waals surface area (Å²) >= 11 is 1.66. The predicted octanol–water partition coefficient (Wildman–Crippen LogP) is 4.36.